The van der Waals surface area contributed by atoms with Crippen molar-refractivity contribution in [3.05, 3.63) is 35.4 Å². The van der Waals surface area contributed by atoms with Gasteiger partial charge >= 0.3 is 0 Å². The summed E-state index contributed by atoms with van der Waals surface area (Å²) in [6.07, 6.45) is 1.14. The first-order valence-corrected chi connectivity index (χ1v) is 8.48. The monoisotopic (exact) mass is 356 g/mol. The highest BCUT2D eigenvalue weighted by molar-refractivity contribution is 5.85. The zero-order valence-electron chi connectivity index (χ0n) is 15.5. The van der Waals surface area contributed by atoms with Crippen LogP contribution in [-0.2, 0) is 16.0 Å². The number of benzene rings is 1. The molecule has 0 heterocycles. The maximum Gasteiger partial charge on any atom is 0.223 e. The molecule has 0 aromatic heterocycles. The molecule has 1 aromatic rings. The number of amides is 1. The summed E-state index contributed by atoms with van der Waals surface area (Å²) < 4.78 is 5.18. The number of halogens is 1. The summed E-state index contributed by atoms with van der Waals surface area (Å²) in [6, 6.07) is 8.58. The molecule has 1 aromatic carbocycles. The van der Waals surface area contributed by atoms with Crippen LogP contribution >= 0.6 is 12.4 Å². The van der Waals surface area contributed by atoms with Crippen molar-refractivity contribution in [2.45, 2.75) is 52.7 Å². The minimum Gasteiger partial charge on any atom is -0.380 e. The van der Waals surface area contributed by atoms with Crippen LogP contribution in [0.4, 0.5) is 0 Å². The van der Waals surface area contributed by atoms with Gasteiger partial charge in [-0.15, -0.1) is 12.4 Å². The number of hydrogen-bond donors (Lipinski definition) is 2. The molecular formula is C19H33ClN2O2. The fourth-order valence-corrected chi connectivity index (χ4v) is 2.67. The van der Waals surface area contributed by atoms with Crippen LogP contribution in [0.15, 0.2) is 24.3 Å². The molecule has 3 N–H and O–H groups in total. The van der Waals surface area contributed by atoms with Crippen LogP contribution in [0.5, 0.6) is 0 Å². The van der Waals surface area contributed by atoms with Crippen molar-refractivity contribution < 1.29 is 9.53 Å². The standard InChI is InChI=1S/C19H32N2O2.ClH/c1-13(2)10-15-6-8-16(9-7-15)19(14(3)4)21-18(22)11-17(12-20)23-5;/h6-9,13-14,17,19H,10-12,20H2,1-5H3,(H,21,22);1H. The van der Waals surface area contributed by atoms with E-state index in [1.54, 1.807) is 7.11 Å². The maximum absolute atomic E-state index is 12.2. The Bertz CT molecular complexity index is 471. The van der Waals surface area contributed by atoms with Crippen molar-refractivity contribution >= 4 is 18.3 Å². The van der Waals surface area contributed by atoms with Crippen LogP contribution in [0.2, 0.25) is 0 Å². The van der Waals surface area contributed by atoms with Crippen LogP contribution in [0.3, 0.4) is 0 Å². The lowest BCUT2D eigenvalue weighted by Crippen LogP contribution is -2.36. The van der Waals surface area contributed by atoms with Gasteiger partial charge in [-0.2, -0.15) is 0 Å². The second kappa shape index (κ2) is 11.5. The first-order valence-electron chi connectivity index (χ1n) is 8.48. The maximum atomic E-state index is 12.2. The SMILES string of the molecule is COC(CN)CC(=O)NC(c1ccc(CC(C)C)cc1)C(C)C.Cl. The molecule has 2 atom stereocenters. The second-order valence-corrected chi connectivity index (χ2v) is 6.93. The van der Waals surface area contributed by atoms with Gasteiger partial charge in [-0.05, 0) is 29.4 Å². The lowest BCUT2D eigenvalue weighted by atomic mass is 9.93. The molecule has 0 aliphatic heterocycles. The third-order valence-corrected chi connectivity index (χ3v) is 3.98. The van der Waals surface area contributed by atoms with Crippen LogP contribution < -0.4 is 11.1 Å². The van der Waals surface area contributed by atoms with E-state index >= 15 is 0 Å². The summed E-state index contributed by atoms with van der Waals surface area (Å²) in [5.74, 6) is 0.935. The number of ether oxygens (including phenoxy) is 1. The number of hydrogen-bond acceptors (Lipinski definition) is 3. The Morgan fingerprint density at radius 3 is 2.17 bits per heavy atom. The van der Waals surface area contributed by atoms with E-state index < -0.39 is 0 Å². The molecular weight excluding hydrogens is 324 g/mol. The summed E-state index contributed by atoms with van der Waals surface area (Å²) in [4.78, 5) is 12.2. The quantitative estimate of drug-likeness (QED) is 0.711. The van der Waals surface area contributed by atoms with Gasteiger partial charge in [0.15, 0.2) is 0 Å². The highest BCUT2D eigenvalue weighted by atomic mass is 35.5. The van der Waals surface area contributed by atoms with Crippen molar-refractivity contribution in [1.82, 2.24) is 5.32 Å². The highest BCUT2D eigenvalue weighted by Gasteiger charge is 2.20. The highest BCUT2D eigenvalue weighted by Crippen LogP contribution is 2.23. The molecule has 2 unspecified atom stereocenters. The van der Waals surface area contributed by atoms with E-state index in [2.05, 4.69) is 57.3 Å². The van der Waals surface area contributed by atoms with Gasteiger partial charge in [-0.3, -0.25) is 4.79 Å². The molecule has 0 bridgehead atoms. The van der Waals surface area contributed by atoms with Gasteiger partial charge in [0.05, 0.1) is 18.6 Å². The molecule has 24 heavy (non-hydrogen) atoms. The van der Waals surface area contributed by atoms with Gasteiger partial charge in [0.25, 0.3) is 0 Å². The summed E-state index contributed by atoms with van der Waals surface area (Å²) in [5.41, 5.74) is 8.06. The normalized spacial score (nSPS) is 13.5. The Balaban J connectivity index is 0.00000529. The van der Waals surface area contributed by atoms with E-state index in [0.717, 1.165) is 12.0 Å². The number of nitrogens with one attached hydrogen (secondary N) is 1. The third kappa shape index (κ3) is 7.65. The average Bonchev–Trinajstić information content (AvgIpc) is 2.50. The molecule has 0 spiro atoms. The van der Waals surface area contributed by atoms with E-state index in [9.17, 15) is 4.79 Å². The Morgan fingerprint density at radius 1 is 1.17 bits per heavy atom. The number of methoxy groups -OCH3 is 1. The topological polar surface area (TPSA) is 64.3 Å². The van der Waals surface area contributed by atoms with Crippen molar-refractivity contribution in [3.8, 4) is 0 Å². The Morgan fingerprint density at radius 2 is 1.75 bits per heavy atom. The second-order valence-electron chi connectivity index (χ2n) is 6.93. The first-order chi connectivity index (χ1) is 10.9. The van der Waals surface area contributed by atoms with E-state index in [1.165, 1.54) is 5.56 Å². The van der Waals surface area contributed by atoms with Gasteiger partial charge in [-0.1, -0.05) is 52.0 Å². The molecule has 0 fully saturated rings. The number of rotatable bonds is 9. The lowest BCUT2D eigenvalue weighted by molar-refractivity contribution is -0.124. The van der Waals surface area contributed by atoms with Crippen molar-refractivity contribution in [3.63, 3.8) is 0 Å². The predicted octanol–water partition coefficient (Wildman–Crippen LogP) is 3.48. The molecule has 4 nitrogen and oxygen atoms in total. The molecule has 0 saturated heterocycles. The van der Waals surface area contributed by atoms with Gasteiger partial charge in [0, 0.05) is 13.7 Å². The Hall–Kier alpha value is -1.10. The largest absolute Gasteiger partial charge is 0.380 e. The summed E-state index contributed by atoms with van der Waals surface area (Å²) >= 11 is 0. The molecule has 1 amide bonds. The molecule has 5 heteroatoms. The van der Waals surface area contributed by atoms with Crippen LogP contribution in [0.25, 0.3) is 0 Å². The average molecular weight is 357 g/mol. The molecule has 0 aliphatic carbocycles. The summed E-state index contributed by atoms with van der Waals surface area (Å²) in [7, 11) is 1.58. The smallest absolute Gasteiger partial charge is 0.223 e. The van der Waals surface area contributed by atoms with Crippen molar-refractivity contribution in [2.75, 3.05) is 13.7 Å². The zero-order chi connectivity index (χ0) is 17.4. The van der Waals surface area contributed by atoms with Gasteiger partial charge in [0.1, 0.15) is 0 Å². The Kier molecular flexibility index (Phi) is 10.9. The fourth-order valence-electron chi connectivity index (χ4n) is 2.67. The van der Waals surface area contributed by atoms with Gasteiger partial charge in [0.2, 0.25) is 5.91 Å². The van der Waals surface area contributed by atoms with E-state index in [4.69, 9.17) is 10.5 Å². The summed E-state index contributed by atoms with van der Waals surface area (Å²) in [6.45, 7) is 9.01. The van der Waals surface area contributed by atoms with Crippen molar-refractivity contribution in [2.24, 2.45) is 17.6 Å². The number of carbonyl (C=O) groups is 1. The van der Waals surface area contributed by atoms with E-state index in [1.807, 2.05) is 0 Å². The van der Waals surface area contributed by atoms with Crippen molar-refractivity contribution in [1.29, 1.82) is 0 Å². The fraction of sp³-hybridized carbons (Fsp3) is 0.632. The molecule has 0 radical (unpaired) electrons. The third-order valence-electron chi connectivity index (χ3n) is 3.98. The van der Waals surface area contributed by atoms with Crippen LogP contribution in [0, 0.1) is 11.8 Å². The number of nitrogens with two attached hydrogens (primary N) is 1. The Labute approximate surface area is 152 Å². The minimum atomic E-state index is -0.226. The van der Waals surface area contributed by atoms with Crippen LogP contribution in [0.1, 0.15) is 51.3 Å². The summed E-state index contributed by atoms with van der Waals surface area (Å²) in [5, 5.41) is 3.12. The lowest BCUT2D eigenvalue weighted by Gasteiger charge is -2.24. The predicted molar refractivity (Wildman–Crippen MR) is 102 cm³/mol. The molecule has 0 saturated carbocycles. The van der Waals surface area contributed by atoms with Gasteiger partial charge < -0.3 is 15.8 Å². The van der Waals surface area contributed by atoms with E-state index in [0.29, 0.717) is 24.8 Å². The molecule has 0 aliphatic rings. The van der Waals surface area contributed by atoms with E-state index in [-0.39, 0.29) is 30.5 Å². The van der Waals surface area contributed by atoms with Crippen LogP contribution in [-0.4, -0.2) is 25.7 Å². The molecule has 138 valence electrons. The van der Waals surface area contributed by atoms with Gasteiger partial charge in [-0.25, -0.2) is 0 Å². The number of carbonyl (C=O) groups excluding carboxylic acids is 1. The minimum absolute atomic E-state index is 0. The zero-order valence-corrected chi connectivity index (χ0v) is 16.4. The first kappa shape index (κ1) is 22.9. The molecule has 1 rings (SSSR count).